The molecule has 2 aromatic rings. The first kappa shape index (κ1) is 15.0. The second-order valence-corrected chi connectivity index (χ2v) is 6.52. The van der Waals surface area contributed by atoms with Crippen LogP contribution in [0.5, 0.6) is 0 Å². The highest BCUT2D eigenvalue weighted by molar-refractivity contribution is 7.89. The molecule has 1 N–H and O–H groups in total. The zero-order chi connectivity index (χ0) is 14.6. The van der Waals surface area contributed by atoms with Crippen LogP contribution in [-0.2, 0) is 10.0 Å². The maximum atomic E-state index is 12.6. The number of hydrogen-bond acceptors (Lipinski definition) is 3. The maximum absolute atomic E-state index is 12.6. The molecule has 5 heteroatoms. The molecule has 0 unspecified atom stereocenters. The highest BCUT2D eigenvalue weighted by Gasteiger charge is 2.22. The lowest BCUT2D eigenvalue weighted by Gasteiger charge is -2.20. The smallest absolute Gasteiger partial charge is 0.243 e. The van der Waals surface area contributed by atoms with Crippen molar-refractivity contribution in [2.75, 3.05) is 19.7 Å². The Morgan fingerprint density at radius 1 is 1.10 bits per heavy atom. The van der Waals surface area contributed by atoms with Crippen molar-refractivity contribution in [1.82, 2.24) is 4.31 Å². The van der Waals surface area contributed by atoms with Crippen molar-refractivity contribution < 1.29 is 13.5 Å². The van der Waals surface area contributed by atoms with E-state index in [0.717, 1.165) is 10.8 Å². The highest BCUT2D eigenvalue weighted by atomic mass is 32.2. The largest absolute Gasteiger partial charge is 0.396 e. The van der Waals surface area contributed by atoms with Gasteiger partial charge in [-0.15, -0.1) is 0 Å². The molecule has 0 fully saturated rings. The minimum atomic E-state index is -3.49. The number of fused-ring (bicyclic) bond motifs is 1. The monoisotopic (exact) mass is 293 g/mol. The molecule has 0 aliphatic heterocycles. The van der Waals surface area contributed by atoms with E-state index in [1.807, 2.05) is 30.3 Å². The van der Waals surface area contributed by atoms with Gasteiger partial charge in [0.15, 0.2) is 0 Å². The lowest BCUT2D eigenvalue weighted by molar-refractivity contribution is 0.271. The quantitative estimate of drug-likeness (QED) is 0.888. The Labute approximate surface area is 119 Å². The molecular weight excluding hydrogens is 274 g/mol. The van der Waals surface area contributed by atoms with E-state index in [-0.39, 0.29) is 6.61 Å². The van der Waals surface area contributed by atoms with E-state index in [1.165, 1.54) is 4.31 Å². The maximum Gasteiger partial charge on any atom is 0.243 e. The predicted molar refractivity (Wildman–Crippen MR) is 80.1 cm³/mol. The van der Waals surface area contributed by atoms with Crippen LogP contribution in [0.3, 0.4) is 0 Å². The predicted octanol–water partition coefficient (Wildman–Crippen LogP) is 2.23. The number of aliphatic hydroxyl groups excluding tert-OH is 1. The van der Waals surface area contributed by atoms with Crippen LogP contribution in [0.1, 0.15) is 13.3 Å². The highest BCUT2D eigenvalue weighted by Crippen LogP contribution is 2.21. The molecule has 0 spiro atoms. The first-order chi connectivity index (χ1) is 9.59. The molecule has 0 atom stereocenters. The summed E-state index contributed by atoms with van der Waals surface area (Å²) < 4.78 is 26.5. The van der Waals surface area contributed by atoms with E-state index >= 15 is 0 Å². The number of aliphatic hydroxyl groups is 1. The third kappa shape index (κ3) is 3.00. The Hall–Kier alpha value is -1.43. The van der Waals surface area contributed by atoms with Crippen LogP contribution < -0.4 is 0 Å². The lowest BCUT2D eigenvalue weighted by atomic mass is 10.1. The van der Waals surface area contributed by atoms with Crippen molar-refractivity contribution in [2.45, 2.75) is 18.2 Å². The molecule has 0 bridgehead atoms. The van der Waals surface area contributed by atoms with Gasteiger partial charge in [-0.1, -0.05) is 37.3 Å². The molecule has 0 radical (unpaired) electrons. The fraction of sp³-hybridized carbons (Fsp3) is 0.333. The minimum Gasteiger partial charge on any atom is -0.396 e. The summed E-state index contributed by atoms with van der Waals surface area (Å²) in [5.41, 5.74) is 0. The minimum absolute atomic E-state index is 0.0102. The van der Waals surface area contributed by atoms with E-state index in [4.69, 9.17) is 5.11 Å². The summed E-state index contributed by atoms with van der Waals surface area (Å²) in [5, 5.41) is 10.8. The van der Waals surface area contributed by atoms with Crippen LogP contribution in [0.4, 0.5) is 0 Å². The summed E-state index contributed by atoms with van der Waals surface area (Å²) in [7, 11) is -3.49. The van der Waals surface area contributed by atoms with Gasteiger partial charge in [0, 0.05) is 19.7 Å². The van der Waals surface area contributed by atoms with Gasteiger partial charge >= 0.3 is 0 Å². The third-order valence-corrected chi connectivity index (χ3v) is 5.25. The van der Waals surface area contributed by atoms with Crippen LogP contribution in [0.25, 0.3) is 10.8 Å². The normalized spacial score (nSPS) is 12.2. The number of nitrogens with zero attached hydrogens (tertiary/aromatic N) is 1. The first-order valence-electron chi connectivity index (χ1n) is 6.69. The zero-order valence-corrected chi connectivity index (χ0v) is 12.3. The summed E-state index contributed by atoms with van der Waals surface area (Å²) in [6, 6.07) is 12.8. The van der Waals surface area contributed by atoms with Crippen LogP contribution >= 0.6 is 0 Å². The first-order valence-corrected chi connectivity index (χ1v) is 8.13. The fourth-order valence-electron chi connectivity index (χ4n) is 2.17. The standard InChI is InChI=1S/C15H19NO3S/c1-2-16(10-5-11-17)20(18,19)15-9-8-13-6-3-4-7-14(13)12-15/h3-4,6-9,12,17H,2,5,10-11H2,1H3. The van der Waals surface area contributed by atoms with E-state index < -0.39 is 10.0 Å². The molecule has 108 valence electrons. The average Bonchev–Trinajstić information content (AvgIpc) is 2.47. The molecule has 2 rings (SSSR count). The zero-order valence-electron chi connectivity index (χ0n) is 11.5. The molecule has 0 saturated carbocycles. The summed E-state index contributed by atoms with van der Waals surface area (Å²) >= 11 is 0. The number of hydrogen-bond donors (Lipinski definition) is 1. The van der Waals surface area contributed by atoms with Crippen molar-refractivity contribution in [3.63, 3.8) is 0 Å². The van der Waals surface area contributed by atoms with Gasteiger partial charge in [-0.05, 0) is 29.3 Å². The van der Waals surface area contributed by atoms with E-state index in [1.54, 1.807) is 19.1 Å². The van der Waals surface area contributed by atoms with Crippen molar-refractivity contribution in [3.05, 3.63) is 42.5 Å². The Bertz CT molecular complexity index is 682. The van der Waals surface area contributed by atoms with Gasteiger partial charge in [-0.25, -0.2) is 8.42 Å². The molecule has 0 amide bonds. The lowest BCUT2D eigenvalue weighted by Crippen LogP contribution is -2.32. The summed E-state index contributed by atoms with van der Waals surface area (Å²) in [6.07, 6.45) is 0.445. The molecule has 0 aromatic heterocycles. The average molecular weight is 293 g/mol. The molecule has 4 nitrogen and oxygen atoms in total. The van der Waals surface area contributed by atoms with Crippen molar-refractivity contribution >= 4 is 20.8 Å². The van der Waals surface area contributed by atoms with Crippen LogP contribution in [0.2, 0.25) is 0 Å². The molecule has 20 heavy (non-hydrogen) atoms. The van der Waals surface area contributed by atoms with Gasteiger partial charge in [0.2, 0.25) is 10.0 Å². The topological polar surface area (TPSA) is 57.6 Å². The number of sulfonamides is 1. The van der Waals surface area contributed by atoms with Gasteiger partial charge < -0.3 is 5.11 Å². The Morgan fingerprint density at radius 2 is 1.80 bits per heavy atom. The molecule has 0 aliphatic carbocycles. The Balaban J connectivity index is 2.39. The van der Waals surface area contributed by atoms with Gasteiger partial charge in [0.1, 0.15) is 0 Å². The SMILES string of the molecule is CCN(CCCO)S(=O)(=O)c1ccc2ccccc2c1. The van der Waals surface area contributed by atoms with Crippen molar-refractivity contribution in [2.24, 2.45) is 0 Å². The van der Waals surface area contributed by atoms with Gasteiger partial charge in [-0.3, -0.25) is 0 Å². The Morgan fingerprint density at radius 3 is 2.45 bits per heavy atom. The van der Waals surface area contributed by atoms with Gasteiger partial charge in [-0.2, -0.15) is 4.31 Å². The Kier molecular flexibility index (Phi) is 4.75. The van der Waals surface area contributed by atoms with E-state index in [9.17, 15) is 8.42 Å². The van der Waals surface area contributed by atoms with Gasteiger partial charge in [0.05, 0.1) is 4.90 Å². The number of rotatable bonds is 6. The van der Waals surface area contributed by atoms with Gasteiger partial charge in [0.25, 0.3) is 0 Å². The molecule has 0 saturated heterocycles. The third-order valence-electron chi connectivity index (χ3n) is 3.28. The van der Waals surface area contributed by atoms with Crippen LogP contribution in [0.15, 0.2) is 47.4 Å². The van der Waals surface area contributed by atoms with Crippen molar-refractivity contribution in [3.8, 4) is 0 Å². The molecular formula is C15H19NO3S. The second kappa shape index (κ2) is 6.35. The van der Waals surface area contributed by atoms with Crippen LogP contribution in [-0.4, -0.2) is 37.5 Å². The number of benzene rings is 2. The van der Waals surface area contributed by atoms with E-state index in [2.05, 4.69) is 0 Å². The molecule has 0 heterocycles. The summed E-state index contributed by atoms with van der Waals surface area (Å²) in [5.74, 6) is 0. The van der Waals surface area contributed by atoms with Crippen molar-refractivity contribution in [1.29, 1.82) is 0 Å². The fourth-order valence-corrected chi connectivity index (χ4v) is 3.70. The summed E-state index contributed by atoms with van der Waals surface area (Å²) in [6.45, 7) is 2.52. The summed E-state index contributed by atoms with van der Waals surface area (Å²) in [4.78, 5) is 0.302. The van der Waals surface area contributed by atoms with E-state index in [0.29, 0.717) is 24.4 Å². The molecule has 2 aromatic carbocycles. The second-order valence-electron chi connectivity index (χ2n) is 4.58. The van der Waals surface area contributed by atoms with Crippen LogP contribution in [0, 0.1) is 0 Å². The molecule has 0 aliphatic rings.